The van der Waals surface area contributed by atoms with Gasteiger partial charge in [-0.25, -0.2) is 0 Å². The summed E-state index contributed by atoms with van der Waals surface area (Å²) < 4.78 is 33.3. The molecule has 18 heavy (non-hydrogen) atoms. The van der Waals surface area contributed by atoms with Gasteiger partial charge < -0.3 is 10.5 Å². The predicted octanol–water partition coefficient (Wildman–Crippen LogP) is -0.767. The highest BCUT2D eigenvalue weighted by Crippen LogP contribution is 2.38. The molecule has 3 unspecified atom stereocenters. The van der Waals surface area contributed by atoms with Crippen molar-refractivity contribution in [2.75, 3.05) is 39.4 Å². The molecule has 104 valence electrons. The van der Waals surface area contributed by atoms with E-state index in [1.54, 1.807) is 8.61 Å². The molecular weight excluding hydrogens is 254 g/mol. The average Bonchev–Trinajstić information content (AvgIpc) is 2.94. The minimum Gasteiger partial charge on any atom is -0.379 e. The fourth-order valence-electron chi connectivity index (χ4n) is 3.40. The van der Waals surface area contributed by atoms with Gasteiger partial charge in [-0.05, 0) is 24.7 Å². The van der Waals surface area contributed by atoms with Crippen LogP contribution in [0.25, 0.3) is 0 Å². The van der Waals surface area contributed by atoms with E-state index in [2.05, 4.69) is 0 Å². The highest BCUT2D eigenvalue weighted by molar-refractivity contribution is 7.86. The van der Waals surface area contributed by atoms with Crippen molar-refractivity contribution in [3.05, 3.63) is 0 Å². The molecule has 0 spiro atoms. The quantitative estimate of drug-likeness (QED) is 0.718. The van der Waals surface area contributed by atoms with Crippen LogP contribution in [0, 0.1) is 11.8 Å². The Morgan fingerprint density at radius 1 is 1.06 bits per heavy atom. The van der Waals surface area contributed by atoms with Crippen molar-refractivity contribution >= 4 is 10.2 Å². The zero-order valence-corrected chi connectivity index (χ0v) is 11.3. The van der Waals surface area contributed by atoms with Gasteiger partial charge in [-0.15, -0.1) is 0 Å². The van der Waals surface area contributed by atoms with E-state index in [9.17, 15) is 8.42 Å². The molecule has 0 bridgehead atoms. The molecule has 3 atom stereocenters. The smallest absolute Gasteiger partial charge is 0.282 e. The number of hydrogen-bond acceptors (Lipinski definition) is 4. The largest absolute Gasteiger partial charge is 0.379 e. The summed E-state index contributed by atoms with van der Waals surface area (Å²) in [4.78, 5) is 0. The van der Waals surface area contributed by atoms with Crippen molar-refractivity contribution in [3.63, 3.8) is 0 Å². The van der Waals surface area contributed by atoms with Crippen LogP contribution in [0.4, 0.5) is 0 Å². The lowest BCUT2D eigenvalue weighted by atomic mass is 9.98. The van der Waals surface area contributed by atoms with Gasteiger partial charge >= 0.3 is 0 Å². The summed E-state index contributed by atoms with van der Waals surface area (Å²) in [7, 11) is -3.30. The zero-order chi connectivity index (χ0) is 12.8. The Morgan fingerprint density at radius 3 is 2.44 bits per heavy atom. The van der Waals surface area contributed by atoms with E-state index in [0.717, 1.165) is 12.8 Å². The van der Waals surface area contributed by atoms with Gasteiger partial charge in [-0.1, -0.05) is 0 Å². The maximum absolute atomic E-state index is 12.5. The van der Waals surface area contributed by atoms with E-state index < -0.39 is 10.2 Å². The van der Waals surface area contributed by atoms with Gasteiger partial charge in [0.1, 0.15) is 0 Å². The second-order valence-electron chi connectivity index (χ2n) is 5.50. The van der Waals surface area contributed by atoms with Crippen molar-refractivity contribution in [1.29, 1.82) is 0 Å². The van der Waals surface area contributed by atoms with Crippen LogP contribution >= 0.6 is 0 Å². The molecule has 3 aliphatic rings. The van der Waals surface area contributed by atoms with Crippen molar-refractivity contribution < 1.29 is 13.2 Å². The molecule has 0 amide bonds. The summed E-state index contributed by atoms with van der Waals surface area (Å²) in [6.07, 6.45) is 2.11. The number of rotatable bonds is 2. The molecule has 1 aliphatic carbocycles. The Kier molecular flexibility index (Phi) is 3.36. The van der Waals surface area contributed by atoms with E-state index in [4.69, 9.17) is 10.5 Å². The maximum atomic E-state index is 12.5. The molecule has 0 aromatic carbocycles. The van der Waals surface area contributed by atoms with Crippen molar-refractivity contribution in [1.82, 2.24) is 8.61 Å². The molecule has 0 aromatic rings. The molecule has 3 rings (SSSR count). The monoisotopic (exact) mass is 275 g/mol. The van der Waals surface area contributed by atoms with Crippen LogP contribution in [0.5, 0.6) is 0 Å². The first-order valence-electron chi connectivity index (χ1n) is 6.67. The number of fused-ring (bicyclic) bond motifs is 1. The molecule has 0 radical (unpaired) electrons. The molecule has 2 aliphatic heterocycles. The van der Waals surface area contributed by atoms with E-state index >= 15 is 0 Å². The predicted molar refractivity (Wildman–Crippen MR) is 67.1 cm³/mol. The van der Waals surface area contributed by atoms with Crippen LogP contribution in [-0.4, -0.2) is 62.5 Å². The Balaban J connectivity index is 1.71. The molecule has 7 heteroatoms. The van der Waals surface area contributed by atoms with Gasteiger partial charge in [0.2, 0.25) is 0 Å². The number of ether oxygens (including phenoxy) is 1. The average molecular weight is 275 g/mol. The highest BCUT2D eigenvalue weighted by atomic mass is 32.2. The number of morpholine rings is 1. The Labute approximate surface area is 108 Å². The lowest BCUT2D eigenvalue weighted by Gasteiger charge is -2.30. The topological polar surface area (TPSA) is 75.9 Å². The second-order valence-corrected chi connectivity index (χ2v) is 7.43. The number of hydrogen-bond donors (Lipinski definition) is 1. The fourth-order valence-corrected chi connectivity index (χ4v) is 5.07. The molecule has 1 saturated carbocycles. The molecule has 3 fully saturated rings. The van der Waals surface area contributed by atoms with E-state index in [1.165, 1.54) is 0 Å². The lowest BCUT2D eigenvalue weighted by Crippen LogP contribution is -2.48. The van der Waals surface area contributed by atoms with Crippen LogP contribution in [0.1, 0.15) is 12.8 Å². The van der Waals surface area contributed by atoms with Gasteiger partial charge in [0.15, 0.2) is 0 Å². The number of nitrogens with zero attached hydrogens (tertiary/aromatic N) is 2. The summed E-state index contributed by atoms with van der Waals surface area (Å²) >= 11 is 0. The van der Waals surface area contributed by atoms with Crippen molar-refractivity contribution in [2.24, 2.45) is 17.6 Å². The third-order valence-corrected chi connectivity index (χ3v) is 6.47. The van der Waals surface area contributed by atoms with Gasteiger partial charge in [0.05, 0.1) is 13.2 Å². The van der Waals surface area contributed by atoms with E-state index in [1.807, 2.05) is 0 Å². The molecular formula is C11H21N3O3S. The Bertz CT molecular complexity index is 408. The molecule has 2 N–H and O–H groups in total. The van der Waals surface area contributed by atoms with Crippen LogP contribution in [-0.2, 0) is 14.9 Å². The first kappa shape index (κ1) is 12.8. The standard InChI is InChI=1S/C11H21N3O3S/c12-11-2-1-9-7-14(8-10(9)11)18(15,16)13-3-5-17-6-4-13/h9-11H,1-8,12H2. The number of nitrogens with two attached hydrogens (primary N) is 1. The first-order chi connectivity index (χ1) is 8.59. The van der Waals surface area contributed by atoms with Gasteiger partial charge in [-0.3, -0.25) is 0 Å². The van der Waals surface area contributed by atoms with E-state index in [-0.39, 0.29) is 6.04 Å². The maximum Gasteiger partial charge on any atom is 0.282 e. The zero-order valence-electron chi connectivity index (χ0n) is 10.5. The third-order valence-electron chi connectivity index (χ3n) is 4.50. The Hall–Kier alpha value is -0.210. The SMILES string of the molecule is NC1CCC2CN(S(=O)(=O)N3CCOCC3)CC12. The van der Waals surface area contributed by atoms with Gasteiger partial charge in [0.25, 0.3) is 10.2 Å². The lowest BCUT2D eigenvalue weighted by molar-refractivity contribution is 0.0704. The fraction of sp³-hybridized carbons (Fsp3) is 1.00. The minimum atomic E-state index is -3.30. The molecule has 2 heterocycles. The Morgan fingerprint density at radius 2 is 1.78 bits per heavy atom. The van der Waals surface area contributed by atoms with E-state index in [0.29, 0.717) is 51.2 Å². The van der Waals surface area contributed by atoms with Crippen LogP contribution < -0.4 is 5.73 Å². The molecule has 6 nitrogen and oxygen atoms in total. The summed E-state index contributed by atoms with van der Waals surface area (Å²) in [5.41, 5.74) is 6.05. The van der Waals surface area contributed by atoms with Gasteiger partial charge in [0, 0.05) is 32.2 Å². The summed E-state index contributed by atoms with van der Waals surface area (Å²) in [6.45, 7) is 3.20. The summed E-state index contributed by atoms with van der Waals surface area (Å²) in [6, 6.07) is 0.180. The minimum absolute atomic E-state index is 0.180. The molecule has 0 aromatic heterocycles. The van der Waals surface area contributed by atoms with Crippen molar-refractivity contribution in [3.8, 4) is 0 Å². The van der Waals surface area contributed by atoms with Crippen molar-refractivity contribution in [2.45, 2.75) is 18.9 Å². The summed E-state index contributed by atoms with van der Waals surface area (Å²) in [5, 5.41) is 0. The second kappa shape index (κ2) is 4.72. The van der Waals surface area contributed by atoms with Crippen LogP contribution in [0.2, 0.25) is 0 Å². The highest BCUT2D eigenvalue weighted by Gasteiger charge is 2.46. The normalized spacial score (nSPS) is 39.1. The van der Waals surface area contributed by atoms with Gasteiger partial charge in [-0.2, -0.15) is 17.0 Å². The first-order valence-corrected chi connectivity index (χ1v) is 8.07. The molecule has 2 saturated heterocycles. The van der Waals surface area contributed by atoms with Crippen LogP contribution in [0.3, 0.4) is 0 Å². The summed E-state index contributed by atoms with van der Waals surface area (Å²) in [5.74, 6) is 0.830. The van der Waals surface area contributed by atoms with Crippen LogP contribution in [0.15, 0.2) is 0 Å². The third kappa shape index (κ3) is 2.08.